The quantitative estimate of drug-likeness (QED) is 0.114. The van der Waals surface area contributed by atoms with E-state index in [1.807, 2.05) is 12.1 Å². The molecule has 12 rings (SSSR count). The van der Waals surface area contributed by atoms with Gasteiger partial charge < -0.3 is 40.1 Å². The SMILES string of the molecule is O=C(CO)N[C@@H]1CCCCCS(=O)(=O)NC(=O)c2ccc3c(c2)N(C[C@@H]2CC[C@H]21)C[C@@]1(CCCc2cc(Cl)ccc21)CO3.O=C(CO)N[C@H]1CCCCCS(=O)(=O)NC(=O)c2ccc3c(c2)N(C[C@@H]2CC[C@H]21)C[C@@]1(CCCc2cc(Cl)ccc21)CO3. The van der Waals surface area contributed by atoms with E-state index in [9.17, 15) is 46.2 Å². The molecule has 0 radical (unpaired) electrons. The highest BCUT2D eigenvalue weighted by Gasteiger charge is 2.47. The summed E-state index contributed by atoms with van der Waals surface area (Å²) in [5.41, 5.74) is 6.48. The Hall–Kier alpha value is -5.64. The highest BCUT2D eigenvalue weighted by molar-refractivity contribution is 7.90. The van der Waals surface area contributed by atoms with Crippen LogP contribution >= 0.6 is 23.2 Å². The number of hydrogen-bond donors (Lipinski definition) is 6. The number of fused-ring (bicyclic) bond motifs is 8. The van der Waals surface area contributed by atoms with Gasteiger partial charge in [0.15, 0.2) is 0 Å². The van der Waals surface area contributed by atoms with Gasteiger partial charge in [-0.2, -0.15) is 0 Å². The molecule has 2 spiro atoms. The molecule has 86 heavy (non-hydrogen) atoms. The molecule has 8 atom stereocenters. The van der Waals surface area contributed by atoms with Gasteiger partial charge in [-0.3, -0.25) is 19.2 Å². The molecule has 0 saturated heterocycles. The van der Waals surface area contributed by atoms with E-state index >= 15 is 0 Å². The number of carbonyl (C=O) groups is 4. The van der Waals surface area contributed by atoms with E-state index in [0.29, 0.717) is 101 Å². The minimum absolute atomic E-state index is 0.0943. The molecule has 8 aliphatic rings. The van der Waals surface area contributed by atoms with Crippen LogP contribution < -0.4 is 39.4 Å². The van der Waals surface area contributed by atoms with Crippen molar-refractivity contribution >= 4 is 78.3 Å². The predicted octanol–water partition coefficient (Wildman–Crippen LogP) is 7.90. The maximum Gasteiger partial charge on any atom is 0.264 e. The molecule has 0 unspecified atom stereocenters. The first-order valence-electron chi connectivity index (χ1n) is 30.8. The molecule has 18 nitrogen and oxygen atoms in total. The fourth-order valence-corrected chi connectivity index (χ4v) is 17.8. The average molecular weight is 1260 g/mol. The Morgan fingerprint density at radius 2 is 0.988 bits per heavy atom. The number of nitrogens with zero attached hydrogens (tertiary/aromatic N) is 2. The van der Waals surface area contributed by atoms with Gasteiger partial charge in [0.25, 0.3) is 11.8 Å². The molecule has 4 bridgehead atoms. The number of hydrogen-bond acceptors (Lipinski definition) is 14. The van der Waals surface area contributed by atoms with Crippen LogP contribution in [0.3, 0.4) is 0 Å². The Morgan fingerprint density at radius 3 is 1.38 bits per heavy atom. The van der Waals surface area contributed by atoms with Gasteiger partial charge in [0.05, 0.1) is 36.1 Å². The summed E-state index contributed by atoms with van der Waals surface area (Å²) in [6.45, 7) is 2.61. The minimum Gasteiger partial charge on any atom is -0.490 e. The molecule has 464 valence electrons. The fraction of sp³-hybridized carbons (Fsp3) is 0.562. The standard InChI is InChI=1S/2C32H40ClN3O6S/c2*33-24-9-11-26-21(15-24)5-4-13-32(26)19-36-17-23-7-10-25(23)27(34-30(38)18-37)6-2-1-3-14-43(40,41)35-31(39)22-8-12-29(42-20-32)28(36)16-22/h2*8-9,11-12,15-16,23,25,27,37H,1-7,10,13-14,17-20H2,(H,34,38)(H,35,39)/t23-,25+,27+,32-;23-,25+,27-,32-/m00/s1. The summed E-state index contributed by atoms with van der Waals surface area (Å²) in [5, 5.41) is 26.5. The van der Waals surface area contributed by atoms with E-state index in [1.54, 1.807) is 36.4 Å². The second kappa shape index (κ2) is 26.2. The molecular weight excluding hydrogens is 1180 g/mol. The Morgan fingerprint density at radius 1 is 0.558 bits per heavy atom. The van der Waals surface area contributed by atoms with Gasteiger partial charge in [0.2, 0.25) is 31.9 Å². The molecule has 2 fully saturated rings. The van der Waals surface area contributed by atoms with Crippen LogP contribution in [-0.4, -0.2) is 127 Å². The van der Waals surface area contributed by atoms with Crippen molar-refractivity contribution in [2.75, 3.05) is 73.9 Å². The van der Waals surface area contributed by atoms with Crippen molar-refractivity contribution in [3.05, 3.63) is 116 Å². The van der Waals surface area contributed by atoms with Gasteiger partial charge in [-0.15, -0.1) is 0 Å². The lowest BCUT2D eigenvalue weighted by Gasteiger charge is -2.47. The van der Waals surface area contributed by atoms with Gasteiger partial charge in [0.1, 0.15) is 24.7 Å². The van der Waals surface area contributed by atoms with Gasteiger partial charge in [-0.25, -0.2) is 26.3 Å². The van der Waals surface area contributed by atoms with E-state index in [0.717, 1.165) is 98.5 Å². The van der Waals surface area contributed by atoms with Crippen molar-refractivity contribution in [1.29, 1.82) is 0 Å². The smallest absolute Gasteiger partial charge is 0.264 e. The number of rotatable bonds is 4. The molecule has 4 amide bonds. The van der Waals surface area contributed by atoms with E-state index in [2.05, 4.69) is 54.1 Å². The zero-order valence-electron chi connectivity index (χ0n) is 48.6. The van der Waals surface area contributed by atoms with Crippen LogP contribution in [0.25, 0.3) is 0 Å². The van der Waals surface area contributed by atoms with Crippen LogP contribution in [-0.2, 0) is 53.3 Å². The first kappa shape index (κ1) is 62.0. The van der Waals surface area contributed by atoms with Crippen molar-refractivity contribution < 1.29 is 55.7 Å². The van der Waals surface area contributed by atoms with E-state index < -0.39 is 45.1 Å². The van der Waals surface area contributed by atoms with Crippen molar-refractivity contribution in [3.8, 4) is 11.5 Å². The van der Waals surface area contributed by atoms with Gasteiger partial charge in [-0.05, 0) is 196 Å². The maximum absolute atomic E-state index is 13.2. The lowest BCUT2D eigenvalue weighted by Crippen LogP contribution is -2.52. The fourth-order valence-electron chi connectivity index (χ4n) is 15.2. The molecule has 22 heteroatoms. The highest BCUT2D eigenvalue weighted by atomic mass is 35.5. The zero-order chi connectivity index (χ0) is 60.4. The molecule has 4 aliphatic carbocycles. The van der Waals surface area contributed by atoms with Crippen LogP contribution in [0.1, 0.15) is 146 Å². The first-order valence-corrected chi connectivity index (χ1v) is 34.9. The van der Waals surface area contributed by atoms with Crippen LogP contribution in [0.2, 0.25) is 10.0 Å². The number of amides is 4. The van der Waals surface area contributed by atoms with Gasteiger partial charge >= 0.3 is 0 Å². The van der Waals surface area contributed by atoms with Crippen LogP contribution in [0.15, 0.2) is 72.8 Å². The molecule has 2 saturated carbocycles. The number of nitrogens with one attached hydrogen (secondary N) is 4. The zero-order valence-corrected chi connectivity index (χ0v) is 51.8. The second-order valence-electron chi connectivity index (χ2n) is 25.4. The third-order valence-electron chi connectivity index (χ3n) is 19.8. The largest absolute Gasteiger partial charge is 0.490 e. The number of benzene rings is 4. The number of aliphatic hydroxyl groups is 2. The molecule has 4 aromatic rings. The average Bonchev–Trinajstić information content (AvgIpc) is 1.64. The van der Waals surface area contributed by atoms with Crippen LogP contribution in [0, 0.1) is 23.7 Å². The van der Waals surface area contributed by atoms with Gasteiger partial charge in [-0.1, -0.05) is 61.0 Å². The summed E-state index contributed by atoms with van der Waals surface area (Å²) in [4.78, 5) is 55.6. The molecular formula is C64H80Cl2N6O12S2. The first-order chi connectivity index (χ1) is 41.3. The van der Waals surface area contributed by atoms with Crippen molar-refractivity contribution in [3.63, 3.8) is 0 Å². The van der Waals surface area contributed by atoms with E-state index in [1.165, 1.54) is 22.3 Å². The van der Waals surface area contributed by atoms with Crippen LogP contribution in [0.5, 0.6) is 11.5 Å². The second-order valence-corrected chi connectivity index (χ2v) is 30.0. The molecule has 4 aromatic carbocycles. The molecule has 4 aliphatic heterocycles. The topological polar surface area (TPSA) is 250 Å². The van der Waals surface area contributed by atoms with Gasteiger partial charge in [0, 0.05) is 70.3 Å². The Balaban J connectivity index is 0.000000179. The number of anilines is 2. The highest BCUT2D eigenvalue weighted by Crippen LogP contribution is 2.49. The lowest BCUT2D eigenvalue weighted by atomic mass is 9.67. The van der Waals surface area contributed by atoms with E-state index in [-0.39, 0.29) is 69.2 Å². The maximum atomic E-state index is 13.2. The number of halogens is 2. The Labute approximate surface area is 514 Å². The summed E-state index contributed by atoms with van der Waals surface area (Å²) in [6.07, 6.45) is 14.9. The monoisotopic (exact) mass is 1260 g/mol. The number of aliphatic hydroxyl groups excluding tert-OH is 2. The number of carbonyl (C=O) groups excluding carboxylic acids is 4. The number of sulfonamides is 2. The minimum atomic E-state index is -3.81. The summed E-state index contributed by atoms with van der Waals surface area (Å²) >= 11 is 12.8. The summed E-state index contributed by atoms with van der Waals surface area (Å²) in [5.74, 6) is 0.0551. The molecule has 4 heterocycles. The van der Waals surface area contributed by atoms with Crippen molar-refractivity contribution in [1.82, 2.24) is 20.1 Å². The summed E-state index contributed by atoms with van der Waals surface area (Å²) < 4.78 is 68.6. The third kappa shape index (κ3) is 13.8. The summed E-state index contributed by atoms with van der Waals surface area (Å²) in [6, 6.07) is 22.4. The third-order valence-corrected chi connectivity index (χ3v) is 22.9. The Bertz CT molecular complexity index is 3220. The Kier molecular flexibility index (Phi) is 18.9. The summed E-state index contributed by atoms with van der Waals surface area (Å²) in [7, 11) is -7.62. The number of aryl methyl sites for hydroxylation is 2. The number of ether oxygens (including phenoxy) is 2. The molecule has 0 aromatic heterocycles. The normalized spacial score (nSPS) is 28.7. The van der Waals surface area contributed by atoms with Crippen molar-refractivity contribution in [2.45, 2.75) is 138 Å². The van der Waals surface area contributed by atoms with E-state index in [4.69, 9.17) is 32.7 Å². The van der Waals surface area contributed by atoms with Crippen LogP contribution in [0.4, 0.5) is 11.4 Å². The predicted molar refractivity (Wildman–Crippen MR) is 330 cm³/mol. The van der Waals surface area contributed by atoms with Crippen molar-refractivity contribution in [2.24, 2.45) is 23.7 Å². The molecule has 6 N–H and O–H groups in total. The lowest BCUT2D eigenvalue weighted by molar-refractivity contribution is -0.126.